The average Bonchev–Trinajstić information content (AvgIpc) is 3.74. The third kappa shape index (κ3) is 5.22. The van der Waals surface area contributed by atoms with Crippen LogP contribution in [0.3, 0.4) is 0 Å². The molecule has 3 aliphatic heterocycles. The number of aromatic amines is 1. The number of nitrogens with one attached hydrogen (secondary N) is 2. The molecule has 0 bridgehead atoms. The number of hydrogen-bond acceptors (Lipinski definition) is 6. The maximum absolute atomic E-state index is 13.2. The van der Waals surface area contributed by atoms with Crippen molar-refractivity contribution in [3.8, 4) is 0 Å². The Bertz CT molecular complexity index is 1680. The number of rotatable bonds is 9. The summed E-state index contributed by atoms with van der Waals surface area (Å²) in [5, 5.41) is 4.86. The first-order valence-electron chi connectivity index (χ1n) is 14.7. The first-order chi connectivity index (χ1) is 20.0. The van der Waals surface area contributed by atoms with Gasteiger partial charge in [0.1, 0.15) is 0 Å². The molecule has 1 atom stereocenters. The van der Waals surface area contributed by atoms with Gasteiger partial charge in [-0.05, 0) is 92.7 Å². The lowest BCUT2D eigenvalue weighted by molar-refractivity contribution is 0.0772. The van der Waals surface area contributed by atoms with E-state index in [0.717, 1.165) is 59.7 Å². The molecule has 0 spiro atoms. The maximum Gasteiger partial charge on any atom is 0.259 e. The number of amides is 1. The predicted molar refractivity (Wildman–Crippen MR) is 167 cm³/mol. The molecule has 8 heteroatoms. The Morgan fingerprint density at radius 1 is 1.05 bits per heavy atom. The highest BCUT2D eigenvalue weighted by Gasteiger charge is 2.31. The van der Waals surface area contributed by atoms with Gasteiger partial charge in [0.05, 0.1) is 22.6 Å². The second-order valence-corrected chi connectivity index (χ2v) is 12.8. The van der Waals surface area contributed by atoms with Crippen LogP contribution in [0.15, 0.2) is 64.5 Å². The molecular weight excluding hydrogens is 530 g/mol. The summed E-state index contributed by atoms with van der Waals surface area (Å²) in [7, 11) is 0. The summed E-state index contributed by atoms with van der Waals surface area (Å²) >= 11 is 1.82. The van der Waals surface area contributed by atoms with Crippen LogP contribution >= 0.6 is 11.3 Å². The molecule has 2 aromatic heterocycles. The Kier molecular flexibility index (Phi) is 6.96. The van der Waals surface area contributed by atoms with Gasteiger partial charge < -0.3 is 20.1 Å². The minimum absolute atomic E-state index is 0.118. The molecule has 1 saturated heterocycles. The van der Waals surface area contributed by atoms with Crippen LogP contribution in [0.5, 0.6) is 0 Å². The van der Waals surface area contributed by atoms with Gasteiger partial charge in [-0.3, -0.25) is 14.6 Å². The lowest BCUT2D eigenvalue weighted by atomic mass is 10.00. The molecule has 4 aromatic rings. The normalized spacial score (nSPS) is 17.2. The van der Waals surface area contributed by atoms with Crippen LogP contribution in [0.2, 0.25) is 0 Å². The van der Waals surface area contributed by atoms with Crippen molar-refractivity contribution in [1.82, 2.24) is 14.8 Å². The highest BCUT2D eigenvalue weighted by molar-refractivity contribution is 7.19. The summed E-state index contributed by atoms with van der Waals surface area (Å²) in [5.74, 6) is 0.118. The van der Waals surface area contributed by atoms with Gasteiger partial charge in [-0.25, -0.2) is 0 Å². The van der Waals surface area contributed by atoms with E-state index in [1.165, 1.54) is 40.9 Å². The molecule has 0 radical (unpaired) electrons. The lowest BCUT2D eigenvalue weighted by Crippen LogP contribution is -2.29. The summed E-state index contributed by atoms with van der Waals surface area (Å²) in [6, 6.07) is 16.8. The Morgan fingerprint density at radius 3 is 2.76 bits per heavy atom. The van der Waals surface area contributed by atoms with Crippen LogP contribution in [0.1, 0.15) is 58.1 Å². The number of H-pyrrole nitrogens is 1. The quantitative estimate of drug-likeness (QED) is 0.271. The number of hydrogen-bond donors (Lipinski definition) is 2. The third-order valence-electron chi connectivity index (χ3n) is 8.53. The van der Waals surface area contributed by atoms with Crippen molar-refractivity contribution in [2.24, 2.45) is 4.99 Å². The zero-order chi connectivity index (χ0) is 27.9. The van der Waals surface area contributed by atoms with Gasteiger partial charge >= 0.3 is 0 Å². The molecule has 0 aliphatic carbocycles. The van der Waals surface area contributed by atoms with Crippen molar-refractivity contribution in [2.75, 3.05) is 31.5 Å². The molecule has 3 aliphatic rings. The number of likely N-dealkylation sites (tertiary alicyclic amines) is 1. The number of aliphatic imine (C=N–C) groups is 1. The van der Waals surface area contributed by atoms with E-state index >= 15 is 0 Å². The molecule has 5 heterocycles. The van der Waals surface area contributed by atoms with E-state index in [9.17, 15) is 9.59 Å². The Balaban J connectivity index is 1.06. The predicted octanol–water partition coefficient (Wildman–Crippen LogP) is 5.75. The van der Waals surface area contributed by atoms with E-state index in [1.807, 2.05) is 28.4 Å². The molecule has 1 fully saturated rings. The van der Waals surface area contributed by atoms with Crippen LogP contribution in [-0.4, -0.2) is 58.6 Å². The minimum Gasteiger partial charge on any atom is -0.381 e. The average molecular weight is 566 g/mol. The lowest BCUT2D eigenvalue weighted by Gasteiger charge is -2.19. The number of anilines is 1. The van der Waals surface area contributed by atoms with Crippen LogP contribution in [0, 0.1) is 0 Å². The Morgan fingerprint density at radius 2 is 1.90 bits per heavy atom. The van der Waals surface area contributed by atoms with Crippen molar-refractivity contribution in [1.29, 1.82) is 0 Å². The zero-order valence-electron chi connectivity index (χ0n) is 23.4. The van der Waals surface area contributed by atoms with Crippen molar-refractivity contribution < 1.29 is 4.79 Å². The standard InChI is InChI=1S/C33H35N5O2S/c1-21(15-25-16-22-7-2-3-8-30(22)41-25)35-27-9-10-34-32(39)31(27)29-18-23-17-26-24(19-28(23)36-29)20-38(33(26)40)14-6-13-37-11-4-5-12-37/h2-3,7-10,16-17,19,21H,4-6,11-15,18,20H2,1H3,(H2,34,35,39). The fourth-order valence-corrected chi connectivity index (χ4v) is 7.72. The molecular formula is C33H35N5O2S. The molecule has 7 rings (SSSR count). The number of benzene rings is 2. The number of aromatic nitrogens is 1. The molecule has 0 saturated carbocycles. The number of fused-ring (bicyclic) bond motifs is 3. The molecule has 1 unspecified atom stereocenters. The number of carbonyl (C=O) groups is 1. The van der Waals surface area contributed by atoms with E-state index in [1.54, 1.807) is 6.20 Å². The van der Waals surface area contributed by atoms with Crippen LogP contribution in [0.25, 0.3) is 10.1 Å². The van der Waals surface area contributed by atoms with Crippen LogP contribution in [-0.2, 0) is 19.4 Å². The number of carbonyl (C=O) groups excluding carboxylic acids is 1. The monoisotopic (exact) mass is 565 g/mol. The van der Waals surface area contributed by atoms with Gasteiger partial charge in [0, 0.05) is 53.3 Å². The van der Waals surface area contributed by atoms with Gasteiger partial charge in [0.15, 0.2) is 0 Å². The molecule has 2 N–H and O–H groups in total. The first kappa shape index (κ1) is 26.2. The summed E-state index contributed by atoms with van der Waals surface area (Å²) in [5.41, 5.74) is 5.69. The second-order valence-electron chi connectivity index (χ2n) is 11.6. The highest BCUT2D eigenvalue weighted by Crippen LogP contribution is 2.36. The van der Waals surface area contributed by atoms with Crippen molar-refractivity contribution >= 4 is 44.4 Å². The number of nitrogens with zero attached hydrogens (tertiary/aromatic N) is 3. The molecule has 7 nitrogen and oxygen atoms in total. The van der Waals surface area contributed by atoms with E-state index in [4.69, 9.17) is 4.99 Å². The smallest absolute Gasteiger partial charge is 0.259 e. The maximum atomic E-state index is 13.2. The van der Waals surface area contributed by atoms with Gasteiger partial charge in [-0.1, -0.05) is 18.2 Å². The molecule has 1 amide bonds. The second kappa shape index (κ2) is 10.9. The van der Waals surface area contributed by atoms with E-state index in [0.29, 0.717) is 18.5 Å². The zero-order valence-corrected chi connectivity index (χ0v) is 24.2. The molecule has 41 heavy (non-hydrogen) atoms. The first-order valence-corrected chi connectivity index (χ1v) is 15.5. The summed E-state index contributed by atoms with van der Waals surface area (Å²) in [4.78, 5) is 39.9. The fourth-order valence-electron chi connectivity index (χ4n) is 6.52. The van der Waals surface area contributed by atoms with Gasteiger partial charge in [0.2, 0.25) is 0 Å². The van der Waals surface area contributed by atoms with Gasteiger partial charge in [-0.15, -0.1) is 11.3 Å². The SMILES string of the molecule is CC(Cc1cc2ccccc2s1)Nc1cc[nH]c(=O)c1C1=Nc2cc3c(cc2C1)C(=O)N(CCCN1CCCC1)C3. The number of pyridine rings is 1. The largest absolute Gasteiger partial charge is 0.381 e. The number of thiophene rings is 1. The Labute approximate surface area is 243 Å². The van der Waals surface area contributed by atoms with E-state index < -0.39 is 0 Å². The van der Waals surface area contributed by atoms with Crippen molar-refractivity contribution in [3.63, 3.8) is 0 Å². The van der Waals surface area contributed by atoms with Crippen LogP contribution in [0.4, 0.5) is 11.4 Å². The molecule has 210 valence electrons. The van der Waals surface area contributed by atoms with E-state index in [-0.39, 0.29) is 17.5 Å². The summed E-state index contributed by atoms with van der Waals surface area (Å²) in [6.45, 7) is 7.02. The topological polar surface area (TPSA) is 80.8 Å². The fraction of sp³-hybridized carbons (Fsp3) is 0.364. The summed E-state index contributed by atoms with van der Waals surface area (Å²) < 4.78 is 1.29. The minimum atomic E-state index is -0.150. The van der Waals surface area contributed by atoms with Crippen molar-refractivity contribution in [3.05, 3.63) is 92.2 Å². The highest BCUT2D eigenvalue weighted by atomic mass is 32.1. The summed E-state index contributed by atoms with van der Waals surface area (Å²) in [6.07, 6.45) is 6.68. The van der Waals surface area contributed by atoms with Gasteiger partial charge in [-0.2, -0.15) is 0 Å². The van der Waals surface area contributed by atoms with Crippen LogP contribution < -0.4 is 10.9 Å². The third-order valence-corrected chi connectivity index (χ3v) is 9.67. The van der Waals surface area contributed by atoms with E-state index in [2.05, 4.69) is 58.5 Å². The van der Waals surface area contributed by atoms with Gasteiger partial charge in [0.25, 0.3) is 11.5 Å². The van der Waals surface area contributed by atoms with Crippen molar-refractivity contribution in [2.45, 2.75) is 51.6 Å². The molecule has 2 aromatic carbocycles. The Hall–Kier alpha value is -3.75.